The lowest BCUT2D eigenvalue weighted by Gasteiger charge is -2.22. The second-order valence-electron chi connectivity index (χ2n) is 5.11. The second kappa shape index (κ2) is 5.90. The monoisotopic (exact) mass is 271 g/mol. The van der Waals surface area contributed by atoms with Gasteiger partial charge in [-0.2, -0.15) is 0 Å². The Kier molecular flexibility index (Phi) is 4.23. The summed E-state index contributed by atoms with van der Waals surface area (Å²) in [5.41, 5.74) is 1.54. The number of anilines is 1. The molecule has 1 aromatic heterocycles. The first-order chi connectivity index (χ1) is 9.54. The summed E-state index contributed by atoms with van der Waals surface area (Å²) in [4.78, 5) is 18.9. The first-order valence-electron chi connectivity index (χ1n) is 6.95. The smallest absolute Gasteiger partial charge is 0.254 e. The Hall–Kier alpha value is -2.10. The number of rotatable bonds is 4. The third kappa shape index (κ3) is 2.74. The zero-order valence-corrected chi connectivity index (χ0v) is 12.5. The second-order valence-corrected chi connectivity index (χ2v) is 5.11. The molecular weight excluding hydrogens is 250 g/mol. The molecule has 0 fully saturated rings. The Labute approximate surface area is 119 Å². The van der Waals surface area contributed by atoms with Crippen molar-refractivity contribution in [3.8, 4) is 0 Å². The van der Waals surface area contributed by atoms with Crippen molar-refractivity contribution in [2.75, 3.05) is 18.9 Å². The number of fused-ring (bicyclic) bond motifs is 1. The highest BCUT2D eigenvalue weighted by Crippen LogP contribution is 2.22. The lowest BCUT2D eigenvalue weighted by Crippen LogP contribution is -2.33. The molecule has 1 amide bonds. The molecule has 0 bridgehead atoms. The molecule has 0 aliphatic rings. The quantitative estimate of drug-likeness (QED) is 0.929. The van der Waals surface area contributed by atoms with E-state index in [1.807, 2.05) is 58.2 Å². The van der Waals surface area contributed by atoms with E-state index < -0.39 is 0 Å². The highest BCUT2D eigenvalue weighted by Gasteiger charge is 2.18. The van der Waals surface area contributed by atoms with Crippen LogP contribution in [0, 0.1) is 0 Å². The normalized spacial score (nSPS) is 10.8. The SMILES string of the molecule is CCNc1cc(C(=O)N(C)C(C)C)c2ccccc2n1. The van der Waals surface area contributed by atoms with Crippen LogP contribution < -0.4 is 5.32 Å². The number of aromatic nitrogens is 1. The molecule has 0 saturated heterocycles. The van der Waals surface area contributed by atoms with Crippen molar-refractivity contribution >= 4 is 22.6 Å². The van der Waals surface area contributed by atoms with E-state index in [1.165, 1.54) is 0 Å². The maximum atomic E-state index is 12.6. The minimum atomic E-state index is 0.0257. The summed E-state index contributed by atoms with van der Waals surface area (Å²) in [7, 11) is 1.83. The summed E-state index contributed by atoms with van der Waals surface area (Å²) in [6.45, 7) is 6.80. The van der Waals surface area contributed by atoms with Crippen LogP contribution in [0.3, 0.4) is 0 Å². The number of nitrogens with zero attached hydrogens (tertiary/aromatic N) is 2. The molecule has 0 aliphatic heterocycles. The van der Waals surface area contributed by atoms with E-state index in [2.05, 4.69) is 10.3 Å². The molecule has 0 radical (unpaired) electrons. The van der Waals surface area contributed by atoms with Gasteiger partial charge in [-0.15, -0.1) is 0 Å². The molecule has 4 heteroatoms. The summed E-state index contributed by atoms with van der Waals surface area (Å²) < 4.78 is 0. The van der Waals surface area contributed by atoms with Gasteiger partial charge in [-0.25, -0.2) is 4.98 Å². The summed E-state index contributed by atoms with van der Waals surface area (Å²) in [6.07, 6.45) is 0. The van der Waals surface area contributed by atoms with E-state index in [0.29, 0.717) is 5.56 Å². The zero-order valence-electron chi connectivity index (χ0n) is 12.5. The Morgan fingerprint density at radius 3 is 2.70 bits per heavy atom. The van der Waals surface area contributed by atoms with Crippen molar-refractivity contribution in [3.05, 3.63) is 35.9 Å². The molecule has 0 unspecified atom stereocenters. The molecule has 0 saturated carbocycles. The van der Waals surface area contributed by atoms with Gasteiger partial charge < -0.3 is 10.2 Å². The van der Waals surface area contributed by atoms with Crippen LogP contribution in [0.15, 0.2) is 30.3 Å². The molecular formula is C16H21N3O. The van der Waals surface area contributed by atoms with E-state index in [1.54, 1.807) is 4.90 Å². The van der Waals surface area contributed by atoms with Gasteiger partial charge in [0, 0.05) is 25.0 Å². The summed E-state index contributed by atoms with van der Waals surface area (Å²) in [6, 6.07) is 9.75. The van der Waals surface area contributed by atoms with Gasteiger partial charge in [0.15, 0.2) is 0 Å². The molecule has 0 aliphatic carbocycles. The van der Waals surface area contributed by atoms with Crippen molar-refractivity contribution in [1.82, 2.24) is 9.88 Å². The minimum Gasteiger partial charge on any atom is -0.370 e. The zero-order chi connectivity index (χ0) is 14.7. The third-order valence-corrected chi connectivity index (χ3v) is 3.40. The fraction of sp³-hybridized carbons (Fsp3) is 0.375. The van der Waals surface area contributed by atoms with Gasteiger partial charge in [0.05, 0.1) is 11.1 Å². The van der Waals surface area contributed by atoms with E-state index in [4.69, 9.17) is 0 Å². The Balaban J connectivity index is 2.57. The van der Waals surface area contributed by atoms with Crippen LogP contribution in [0.4, 0.5) is 5.82 Å². The van der Waals surface area contributed by atoms with E-state index >= 15 is 0 Å². The number of amides is 1. The van der Waals surface area contributed by atoms with Crippen LogP contribution >= 0.6 is 0 Å². The Morgan fingerprint density at radius 2 is 2.05 bits per heavy atom. The lowest BCUT2D eigenvalue weighted by molar-refractivity contribution is 0.0757. The van der Waals surface area contributed by atoms with Crippen LogP contribution in [0.1, 0.15) is 31.1 Å². The minimum absolute atomic E-state index is 0.0257. The van der Waals surface area contributed by atoms with Gasteiger partial charge in [-0.05, 0) is 32.9 Å². The molecule has 2 aromatic rings. The van der Waals surface area contributed by atoms with Gasteiger partial charge in [0.25, 0.3) is 5.91 Å². The van der Waals surface area contributed by atoms with Gasteiger partial charge in [-0.3, -0.25) is 4.79 Å². The first kappa shape index (κ1) is 14.3. The number of para-hydroxylation sites is 1. The average Bonchev–Trinajstić information content (AvgIpc) is 2.45. The van der Waals surface area contributed by atoms with Crippen molar-refractivity contribution in [3.63, 3.8) is 0 Å². The number of carbonyl (C=O) groups excluding carboxylic acids is 1. The van der Waals surface area contributed by atoms with E-state index in [0.717, 1.165) is 23.3 Å². The fourth-order valence-corrected chi connectivity index (χ4v) is 2.05. The summed E-state index contributed by atoms with van der Waals surface area (Å²) >= 11 is 0. The molecule has 1 heterocycles. The van der Waals surface area contributed by atoms with Crippen LogP contribution in [0.2, 0.25) is 0 Å². The summed E-state index contributed by atoms with van der Waals surface area (Å²) in [5, 5.41) is 4.08. The number of hydrogen-bond donors (Lipinski definition) is 1. The maximum Gasteiger partial charge on any atom is 0.254 e. The van der Waals surface area contributed by atoms with Gasteiger partial charge in [0.2, 0.25) is 0 Å². The highest BCUT2D eigenvalue weighted by atomic mass is 16.2. The molecule has 106 valence electrons. The van der Waals surface area contributed by atoms with Gasteiger partial charge >= 0.3 is 0 Å². The lowest BCUT2D eigenvalue weighted by atomic mass is 10.1. The largest absolute Gasteiger partial charge is 0.370 e. The predicted octanol–water partition coefficient (Wildman–Crippen LogP) is 3.15. The Bertz CT molecular complexity index is 622. The standard InChI is InChI=1S/C16H21N3O/c1-5-17-15-10-13(16(20)19(4)11(2)3)12-8-6-7-9-14(12)18-15/h6-11H,5H2,1-4H3,(H,17,18). The molecule has 20 heavy (non-hydrogen) atoms. The van der Waals surface area contributed by atoms with E-state index in [9.17, 15) is 4.79 Å². The predicted molar refractivity (Wildman–Crippen MR) is 83.1 cm³/mol. The number of pyridine rings is 1. The van der Waals surface area contributed by atoms with Crippen molar-refractivity contribution in [2.45, 2.75) is 26.8 Å². The maximum absolute atomic E-state index is 12.6. The third-order valence-electron chi connectivity index (χ3n) is 3.40. The topological polar surface area (TPSA) is 45.2 Å². The van der Waals surface area contributed by atoms with Crippen LogP contribution in [0.5, 0.6) is 0 Å². The number of carbonyl (C=O) groups is 1. The van der Waals surface area contributed by atoms with Crippen LogP contribution in [-0.2, 0) is 0 Å². The van der Waals surface area contributed by atoms with Crippen molar-refractivity contribution in [2.24, 2.45) is 0 Å². The highest BCUT2D eigenvalue weighted by molar-refractivity contribution is 6.06. The molecule has 1 aromatic carbocycles. The summed E-state index contributed by atoms with van der Waals surface area (Å²) in [5.74, 6) is 0.768. The van der Waals surface area contributed by atoms with Crippen LogP contribution in [0.25, 0.3) is 10.9 Å². The molecule has 0 atom stereocenters. The van der Waals surface area contributed by atoms with Crippen LogP contribution in [-0.4, -0.2) is 35.4 Å². The molecule has 2 rings (SSSR count). The van der Waals surface area contributed by atoms with Gasteiger partial charge in [0.1, 0.15) is 5.82 Å². The van der Waals surface area contributed by atoms with Gasteiger partial charge in [-0.1, -0.05) is 18.2 Å². The number of nitrogens with one attached hydrogen (secondary N) is 1. The molecule has 0 spiro atoms. The van der Waals surface area contributed by atoms with E-state index in [-0.39, 0.29) is 11.9 Å². The number of benzene rings is 1. The number of hydrogen-bond acceptors (Lipinski definition) is 3. The average molecular weight is 271 g/mol. The fourth-order valence-electron chi connectivity index (χ4n) is 2.05. The molecule has 1 N–H and O–H groups in total. The van der Waals surface area contributed by atoms with Crippen molar-refractivity contribution in [1.29, 1.82) is 0 Å². The Morgan fingerprint density at radius 1 is 1.35 bits per heavy atom. The van der Waals surface area contributed by atoms with Crippen molar-refractivity contribution < 1.29 is 4.79 Å². The first-order valence-corrected chi connectivity index (χ1v) is 6.95. The molecule has 4 nitrogen and oxygen atoms in total.